The second kappa shape index (κ2) is 8.67. The van der Waals surface area contributed by atoms with Crippen molar-refractivity contribution in [2.75, 3.05) is 7.11 Å². The first-order valence-corrected chi connectivity index (χ1v) is 10.9. The molecule has 1 aliphatic heterocycles. The third-order valence-corrected chi connectivity index (χ3v) is 6.63. The molecule has 9 heteroatoms. The zero-order valence-electron chi connectivity index (χ0n) is 16.6. The van der Waals surface area contributed by atoms with Crippen LogP contribution in [0.25, 0.3) is 11.6 Å². The van der Waals surface area contributed by atoms with E-state index in [0.717, 1.165) is 16.9 Å². The minimum atomic E-state index is -0.809. The molecular weight excluding hydrogens is 469 g/mol. The van der Waals surface area contributed by atoms with Crippen LogP contribution in [0.2, 0.25) is 10.0 Å². The summed E-state index contributed by atoms with van der Waals surface area (Å²) < 4.78 is 7.00. The van der Waals surface area contributed by atoms with Gasteiger partial charge in [-0.2, -0.15) is 5.26 Å². The molecule has 0 saturated carbocycles. The zero-order chi connectivity index (χ0) is 23.0. The van der Waals surface area contributed by atoms with Crippen molar-refractivity contribution in [3.05, 3.63) is 101 Å². The van der Waals surface area contributed by atoms with E-state index >= 15 is 0 Å². The van der Waals surface area contributed by atoms with Gasteiger partial charge in [-0.3, -0.25) is 9.36 Å². The Bertz CT molecular complexity index is 1480. The van der Waals surface area contributed by atoms with Crippen LogP contribution >= 0.6 is 34.5 Å². The van der Waals surface area contributed by atoms with Crippen molar-refractivity contribution in [3.63, 3.8) is 0 Å². The van der Waals surface area contributed by atoms with Gasteiger partial charge in [0.15, 0.2) is 0 Å². The summed E-state index contributed by atoms with van der Waals surface area (Å²) in [6.45, 7) is 0. The molecule has 1 aliphatic rings. The number of halogens is 2. The molecule has 1 atom stereocenters. The van der Waals surface area contributed by atoms with Gasteiger partial charge in [-0.25, -0.2) is 4.79 Å². The first-order chi connectivity index (χ1) is 15.3. The average Bonchev–Trinajstić information content (AvgIpc) is 3.10. The van der Waals surface area contributed by atoms with Gasteiger partial charge in [0.1, 0.15) is 16.3 Å². The van der Waals surface area contributed by atoms with E-state index in [9.17, 15) is 14.9 Å². The SMILES string of the molecule is COC(=O)C1=c2s/c(=C/c3ccc(Cl)cc3)c(=O)n2[C@@H](c2ccc(Cl)cc2)C(C#N)=C1N. The molecule has 0 unspecified atom stereocenters. The summed E-state index contributed by atoms with van der Waals surface area (Å²) >= 11 is 13.1. The van der Waals surface area contributed by atoms with Gasteiger partial charge >= 0.3 is 5.97 Å². The Balaban J connectivity index is 2.09. The number of benzene rings is 2. The second-order valence-electron chi connectivity index (χ2n) is 6.90. The lowest BCUT2D eigenvalue weighted by Gasteiger charge is -2.24. The van der Waals surface area contributed by atoms with Crippen LogP contribution in [0, 0.1) is 11.3 Å². The zero-order valence-corrected chi connectivity index (χ0v) is 19.0. The fourth-order valence-electron chi connectivity index (χ4n) is 3.52. The van der Waals surface area contributed by atoms with Crippen LogP contribution in [0.15, 0.2) is 64.6 Å². The first kappa shape index (κ1) is 21.9. The van der Waals surface area contributed by atoms with Gasteiger partial charge in [0.05, 0.1) is 29.0 Å². The molecule has 0 amide bonds. The van der Waals surface area contributed by atoms with Gasteiger partial charge in [0, 0.05) is 10.0 Å². The minimum Gasteiger partial charge on any atom is -0.465 e. The van der Waals surface area contributed by atoms with Crippen LogP contribution in [0.1, 0.15) is 17.2 Å². The van der Waals surface area contributed by atoms with Gasteiger partial charge in [0.2, 0.25) is 0 Å². The topological polar surface area (TPSA) is 98.1 Å². The standard InChI is InChI=1S/C23H15Cl2N3O3S/c1-31-23(30)18-19(27)16(11-26)20(13-4-8-15(25)9-5-13)28-21(29)17(32-22(18)28)10-12-2-6-14(24)7-3-12/h2-10,20H,27H2,1H3/b17-10+/t20-/m0/s1. The number of fused-ring (bicyclic) bond motifs is 1. The monoisotopic (exact) mass is 483 g/mol. The lowest BCUT2D eigenvalue weighted by atomic mass is 9.93. The molecule has 0 radical (unpaired) electrons. The molecular formula is C23H15Cl2N3O3S. The number of rotatable bonds is 3. The number of esters is 1. The number of methoxy groups -OCH3 is 1. The maximum absolute atomic E-state index is 13.5. The highest BCUT2D eigenvalue weighted by atomic mass is 35.5. The molecule has 2 N–H and O–H groups in total. The molecule has 160 valence electrons. The maximum atomic E-state index is 13.5. The van der Waals surface area contributed by atoms with E-state index in [-0.39, 0.29) is 22.4 Å². The summed E-state index contributed by atoms with van der Waals surface area (Å²) in [5.74, 6) is -0.724. The van der Waals surface area contributed by atoms with E-state index in [1.54, 1.807) is 54.6 Å². The number of hydrogen-bond donors (Lipinski definition) is 1. The highest BCUT2D eigenvalue weighted by Crippen LogP contribution is 2.31. The lowest BCUT2D eigenvalue weighted by Crippen LogP contribution is -2.41. The Kier molecular flexibility index (Phi) is 5.94. The van der Waals surface area contributed by atoms with Crippen LogP contribution in [0.5, 0.6) is 0 Å². The highest BCUT2D eigenvalue weighted by molar-refractivity contribution is 7.07. The molecule has 0 aliphatic carbocycles. The summed E-state index contributed by atoms with van der Waals surface area (Å²) in [6, 6.07) is 15.0. The number of nitrogens with two attached hydrogens (primary N) is 1. The minimum absolute atomic E-state index is 0.00730. The Morgan fingerprint density at radius 3 is 2.31 bits per heavy atom. The molecule has 2 aromatic carbocycles. The molecule has 2 heterocycles. The quantitative estimate of drug-likeness (QED) is 0.577. The fourth-order valence-corrected chi connectivity index (χ4v) is 4.95. The number of nitrogens with zero attached hydrogens (tertiary/aromatic N) is 2. The van der Waals surface area contributed by atoms with E-state index in [0.29, 0.717) is 24.8 Å². The van der Waals surface area contributed by atoms with Gasteiger partial charge in [0.25, 0.3) is 5.56 Å². The van der Waals surface area contributed by atoms with Gasteiger partial charge in [-0.1, -0.05) is 47.5 Å². The van der Waals surface area contributed by atoms with Crippen molar-refractivity contribution in [1.82, 2.24) is 4.57 Å². The number of aromatic nitrogens is 1. The van der Waals surface area contributed by atoms with E-state index < -0.39 is 12.0 Å². The van der Waals surface area contributed by atoms with Crippen molar-refractivity contribution >= 4 is 52.2 Å². The van der Waals surface area contributed by atoms with E-state index in [2.05, 4.69) is 6.07 Å². The predicted molar refractivity (Wildman–Crippen MR) is 125 cm³/mol. The van der Waals surface area contributed by atoms with Crippen LogP contribution in [-0.2, 0) is 9.53 Å². The van der Waals surface area contributed by atoms with Crippen molar-refractivity contribution in [3.8, 4) is 6.07 Å². The smallest absolute Gasteiger partial charge is 0.343 e. The maximum Gasteiger partial charge on any atom is 0.343 e. The number of thiazole rings is 1. The highest BCUT2D eigenvalue weighted by Gasteiger charge is 2.34. The number of carbonyl (C=O) groups excluding carboxylic acids is 1. The number of carbonyl (C=O) groups is 1. The molecule has 1 aromatic heterocycles. The summed E-state index contributed by atoms with van der Waals surface area (Å²) in [7, 11) is 1.22. The van der Waals surface area contributed by atoms with E-state index in [1.165, 1.54) is 11.7 Å². The molecule has 3 aromatic rings. The van der Waals surface area contributed by atoms with Crippen LogP contribution in [-0.4, -0.2) is 17.6 Å². The molecule has 0 spiro atoms. The molecule has 4 rings (SSSR count). The van der Waals surface area contributed by atoms with Crippen LogP contribution in [0.3, 0.4) is 0 Å². The van der Waals surface area contributed by atoms with E-state index in [4.69, 9.17) is 33.7 Å². The fraction of sp³-hybridized carbons (Fsp3) is 0.0870. The van der Waals surface area contributed by atoms with Crippen LogP contribution in [0.4, 0.5) is 0 Å². The number of hydrogen-bond acceptors (Lipinski definition) is 6. The van der Waals surface area contributed by atoms with Crippen molar-refractivity contribution in [2.24, 2.45) is 5.73 Å². The van der Waals surface area contributed by atoms with Crippen molar-refractivity contribution < 1.29 is 9.53 Å². The average molecular weight is 484 g/mol. The van der Waals surface area contributed by atoms with Crippen LogP contribution < -0.4 is 20.5 Å². The van der Waals surface area contributed by atoms with Gasteiger partial charge < -0.3 is 10.5 Å². The Morgan fingerprint density at radius 1 is 1.16 bits per heavy atom. The predicted octanol–water partition coefficient (Wildman–Crippen LogP) is 2.71. The summed E-state index contributed by atoms with van der Waals surface area (Å²) in [5, 5.41) is 11.0. The Morgan fingerprint density at radius 2 is 1.75 bits per heavy atom. The molecule has 32 heavy (non-hydrogen) atoms. The van der Waals surface area contributed by atoms with Gasteiger partial charge in [-0.05, 0) is 41.5 Å². The number of allylic oxidation sites excluding steroid dienone is 1. The third-order valence-electron chi connectivity index (χ3n) is 5.02. The second-order valence-corrected chi connectivity index (χ2v) is 8.81. The Hall–Kier alpha value is -3.31. The van der Waals surface area contributed by atoms with Crippen molar-refractivity contribution in [1.29, 1.82) is 5.26 Å². The van der Waals surface area contributed by atoms with E-state index in [1.807, 2.05) is 0 Å². The summed E-state index contributed by atoms with van der Waals surface area (Å²) in [4.78, 5) is 26.1. The normalized spacial score (nSPS) is 16.0. The lowest BCUT2D eigenvalue weighted by molar-refractivity contribution is -0.133. The third kappa shape index (κ3) is 3.73. The van der Waals surface area contributed by atoms with Crippen molar-refractivity contribution in [2.45, 2.75) is 6.04 Å². The molecule has 0 saturated heterocycles. The molecule has 0 fully saturated rings. The Labute approximate surface area is 196 Å². The summed E-state index contributed by atoms with van der Waals surface area (Å²) in [5.41, 5.74) is 7.37. The largest absolute Gasteiger partial charge is 0.465 e. The summed E-state index contributed by atoms with van der Waals surface area (Å²) in [6.07, 6.45) is 1.70. The number of ether oxygens (including phenoxy) is 1. The first-order valence-electron chi connectivity index (χ1n) is 9.32. The van der Waals surface area contributed by atoms with Gasteiger partial charge in [-0.15, -0.1) is 11.3 Å². The number of nitriles is 1. The molecule has 6 nitrogen and oxygen atoms in total. The molecule has 0 bridgehead atoms.